The number of halogens is 1. The van der Waals surface area contributed by atoms with E-state index in [0.29, 0.717) is 10.7 Å². The average molecular weight is 429 g/mol. The second-order valence-corrected chi connectivity index (χ2v) is 7.68. The summed E-state index contributed by atoms with van der Waals surface area (Å²) in [4.78, 5) is 5.17. The van der Waals surface area contributed by atoms with Crippen molar-refractivity contribution in [2.45, 2.75) is 6.92 Å². The normalized spacial score (nSPS) is 14.2. The zero-order chi connectivity index (χ0) is 20.4. The number of thiocarbonyl (C=S) groups is 1. The number of benzene rings is 2. The van der Waals surface area contributed by atoms with E-state index in [-0.39, 0.29) is 0 Å². The lowest BCUT2D eigenvalue weighted by Gasteiger charge is -2.37. The van der Waals surface area contributed by atoms with Crippen LogP contribution < -0.4 is 10.4 Å². The quantitative estimate of drug-likeness (QED) is 0.465. The predicted octanol–water partition coefficient (Wildman–Crippen LogP) is 4.60. The maximum Gasteiger partial charge on any atom is 0.144 e. The molecule has 0 aliphatic carbocycles. The Morgan fingerprint density at radius 1 is 1.14 bits per heavy atom. The Morgan fingerprint density at radius 2 is 1.86 bits per heavy atom. The van der Waals surface area contributed by atoms with Gasteiger partial charge in [-0.05, 0) is 25.1 Å². The van der Waals surface area contributed by atoms with Crippen molar-refractivity contribution in [3.05, 3.63) is 64.9 Å². The Bertz CT molecular complexity index is 1020. The first-order valence-electron chi connectivity index (χ1n) is 9.34. The second kappa shape index (κ2) is 8.41. The van der Waals surface area contributed by atoms with E-state index in [1.54, 1.807) is 12.1 Å². The van der Waals surface area contributed by atoms with Gasteiger partial charge < -0.3 is 14.3 Å². The fraction of sp³-hybridized carbons (Fsp3) is 0.238. The third-order valence-corrected chi connectivity index (χ3v) is 5.87. The van der Waals surface area contributed by atoms with Gasteiger partial charge in [-0.3, -0.25) is 10.7 Å². The molecule has 1 aliphatic rings. The summed E-state index contributed by atoms with van der Waals surface area (Å²) in [5.74, 6) is 0.728. The Morgan fingerprint density at radius 3 is 2.52 bits per heavy atom. The maximum atomic E-state index is 9.02. The van der Waals surface area contributed by atoms with Crippen LogP contribution in [0, 0.1) is 6.92 Å². The van der Waals surface area contributed by atoms with Crippen molar-refractivity contribution >= 4 is 40.2 Å². The minimum absolute atomic E-state index is 0.565. The summed E-state index contributed by atoms with van der Waals surface area (Å²) < 4.78 is 5.47. The van der Waals surface area contributed by atoms with Gasteiger partial charge in [-0.15, -0.1) is 0 Å². The van der Waals surface area contributed by atoms with Gasteiger partial charge in [-0.2, -0.15) is 0 Å². The molecule has 1 fully saturated rings. The van der Waals surface area contributed by atoms with Crippen LogP contribution in [0.3, 0.4) is 0 Å². The first-order chi connectivity index (χ1) is 14.1. The Balaban J connectivity index is 1.50. The van der Waals surface area contributed by atoms with Crippen LogP contribution in [0.15, 0.2) is 53.1 Å². The van der Waals surface area contributed by atoms with Gasteiger partial charge in [-0.1, -0.05) is 59.3 Å². The summed E-state index contributed by atoms with van der Waals surface area (Å²) in [5.41, 5.74) is 6.29. The molecule has 1 saturated heterocycles. The zero-order valence-electron chi connectivity index (χ0n) is 15.9. The Labute approximate surface area is 179 Å². The van der Waals surface area contributed by atoms with E-state index < -0.39 is 0 Å². The second-order valence-electron chi connectivity index (χ2n) is 6.89. The van der Waals surface area contributed by atoms with Crippen molar-refractivity contribution in [2.24, 2.45) is 0 Å². The molecular formula is C21H21ClN4O2S. The molecule has 2 heterocycles. The highest BCUT2D eigenvalue weighted by molar-refractivity contribution is 7.80. The summed E-state index contributed by atoms with van der Waals surface area (Å²) in [7, 11) is 0. The van der Waals surface area contributed by atoms with Crippen molar-refractivity contribution in [1.82, 2.24) is 10.1 Å². The highest BCUT2D eigenvalue weighted by Gasteiger charge is 2.26. The molecule has 0 amide bonds. The fourth-order valence-corrected chi connectivity index (χ4v) is 4.28. The topological polar surface area (TPSA) is 64.8 Å². The van der Waals surface area contributed by atoms with Crippen LogP contribution in [-0.4, -0.2) is 46.4 Å². The molecule has 2 N–H and O–H groups in total. The van der Waals surface area contributed by atoms with Crippen molar-refractivity contribution in [2.75, 3.05) is 36.6 Å². The zero-order valence-corrected chi connectivity index (χ0v) is 17.5. The molecular weight excluding hydrogens is 408 g/mol. The van der Waals surface area contributed by atoms with Crippen molar-refractivity contribution < 1.29 is 9.73 Å². The highest BCUT2D eigenvalue weighted by Crippen LogP contribution is 2.31. The molecule has 0 saturated carbocycles. The molecule has 150 valence electrons. The minimum atomic E-state index is 0.565. The molecule has 0 unspecified atom stereocenters. The van der Waals surface area contributed by atoms with Gasteiger partial charge in [0.15, 0.2) is 0 Å². The molecule has 0 atom stereocenters. The van der Waals surface area contributed by atoms with E-state index in [1.807, 2.05) is 43.3 Å². The summed E-state index contributed by atoms with van der Waals surface area (Å²) in [6, 6.07) is 15.4. The SMILES string of the molecule is Cc1onc(-c2ccccc2)c1C(=S)N1CCN(c2ccc(NO)cc2Cl)CC1. The molecule has 2 aromatic carbocycles. The number of hydrogen-bond acceptors (Lipinski definition) is 6. The van der Waals surface area contributed by atoms with Crippen LogP contribution in [0.2, 0.25) is 5.02 Å². The van der Waals surface area contributed by atoms with Crippen LogP contribution in [0.4, 0.5) is 11.4 Å². The smallest absolute Gasteiger partial charge is 0.144 e. The molecule has 4 rings (SSSR count). The lowest BCUT2D eigenvalue weighted by atomic mass is 10.1. The number of aryl methyl sites for hydroxylation is 1. The molecule has 3 aromatic rings. The summed E-state index contributed by atoms with van der Waals surface area (Å²) in [6.45, 7) is 5.02. The Hall–Kier alpha value is -2.61. The van der Waals surface area contributed by atoms with Crippen LogP contribution in [0.25, 0.3) is 11.3 Å². The molecule has 0 spiro atoms. The number of rotatable bonds is 4. The van der Waals surface area contributed by atoms with Crippen LogP contribution in [-0.2, 0) is 0 Å². The number of piperazine rings is 1. The van der Waals surface area contributed by atoms with E-state index in [0.717, 1.165) is 59.4 Å². The van der Waals surface area contributed by atoms with E-state index in [1.165, 1.54) is 0 Å². The van der Waals surface area contributed by atoms with E-state index in [2.05, 4.69) is 20.4 Å². The van der Waals surface area contributed by atoms with Gasteiger partial charge in [0, 0.05) is 31.7 Å². The minimum Gasteiger partial charge on any atom is -0.367 e. The molecule has 6 nitrogen and oxygen atoms in total. The summed E-state index contributed by atoms with van der Waals surface area (Å²) in [5, 5.41) is 13.9. The third kappa shape index (κ3) is 3.94. The average Bonchev–Trinajstić information content (AvgIpc) is 3.15. The van der Waals surface area contributed by atoms with Crippen LogP contribution in [0.1, 0.15) is 11.3 Å². The summed E-state index contributed by atoms with van der Waals surface area (Å²) in [6.07, 6.45) is 0. The van der Waals surface area contributed by atoms with Crippen molar-refractivity contribution in [3.8, 4) is 11.3 Å². The van der Waals surface area contributed by atoms with Crippen LogP contribution >= 0.6 is 23.8 Å². The number of hydrogen-bond donors (Lipinski definition) is 2. The highest BCUT2D eigenvalue weighted by atomic mass is 35.5. The molecule has 8 heteroatoms. The lowest BCUT2D eigenvalue weighted by molar-refractivity contribution is 0.387. The molecule has 1 aliphatic heterocycles. The number of anilines is 2. The van der Waals surface area contributed by atoms with E-state index in [9.17, 15) is 0 Å². The molecule has 0 bridgehead atoms. The monoisotopic (exact) mass is 428 g/mol. The van der Waals surface area contributed by atoms with Crippen molar-refractivity contribution in [3.63, 3.8) is 0 Å². The van der Waals surface area contributed by atoms with E-state index >= 15 is 0 Å². The van der Waals surface area contributed by atoms with Gasteiger partial charge >= 0.3 is 0 Å². The van der Waals surface area contributed by atoms with E-state index in [4.69, 9.17) is 33.5 Å². The third-order valence-electron chi connectivity index (χ3n) is 5.11. The fourth-order valence-electron chi connectivity index (χ4n) is 3.56. The van der Waals surface area contributed by atoms with Gasteiger partial charge in [0.2, 0.25) is 0 Å². The summed E-state index contributed by atoms with van der Waals surface area (Å²) >= 11 is 12.2. The molecule has 0 radical (unpaired) electrons. The first kappa shape index (κ1) is 19.7. The molecule has 1 aromatic heterocycles. The largest absolute Gasteiger partial charge is 0.367 e. The maximum absolute atomic E-state index is 9.02. The molecule has 29 heavy (non-hydrogen) atoms. The number of aromatic nitrogens is 1. The predicted molar refractivity (Wildman–Crippen MR) is 119 cm³/mol. The first-order valence-corrected chi connectivity index (χ1v) is 10.1. The number of nitrogens with zero attached hydrogens (tertiary/aromatic N) is 3. The number of nitrogens with one attached hydrogen (secondary N) is 1. The van der Waals surface area contributed by atoms with Gasteiger partial charge in [0.25, 0.3) is 0 Å². The van der Waals surface area contributed by atoms with Crippen molar-refractivity contribution in [1.29, 1.82) is 0 Å². The standard InChI is InChI=1S/C21H21ClN4O2S/c1-14-19(20(24-28-14)15-5-3-2-4-6-15)21(29)26-11-9-25(10-12-26)18-8-7-16(23-27)13-17(18)22/h2-8,13,23,27H,9-12H2,1H3. The van der Waals surface area contributed by atoms with Gasteiger partial charge in [0.1, 0.15) is 16.4 Å². The lowest BCUT2D eigenvalue weighted by Crippen LogP contribution is -2.48. The van der Waals surface area contributed by atoms with Gasteiger partial charge in [0.05, 0.1) is 22.0 Å². The van der Waals surface area contributed by atoms with Gasteiger partial charge in [-0.25, -0.2) is 0 Å². The Kier molecular flexibility index (Phi) is 5.71. The van der Waals surface area contributed by atoms with Crippen LogP contribution in [0.5, 0.6) is 0 Å².